The van der Waals surface area contributed by atoms with E-state index in [4.69, 9.17) is 4.99 Å². The van der Waals surface area contributed by atoms with Crippen LogP contribution < -0.4 is 10.4 Å². The van der Waals surface area contributed by atoms with Crippen molar-refractivity contribution in [2.24, 2.45) is 16.3 Å². The van der Waals surface area contributed by atoms with E-state index in [2.05, 4.69) is 160 Å². The summed E-state index contributed by atoms with van der Waals surface area (Å²) in [6.45, 7) is 8.51. The average Bonchev–Trinajstić information content (AvgIpc) is 3.44. The van der Waals surface area contributed by atoms with E-state index in [1.807, 2.05) is 13.8 Å². The monoisotopic (exact) mass is 611 g/mol. The minimum absolute atomic E-state index is 0.0829. The Kier molecular flexibility index (Phi) is 8.41. The lowest BCUT2D eigenvalue weighted by molar-refractivity contribution is 0.285. The molecule has 3 atom stereocenters. The van der Waals surface area contributed by atoms with E-state index in [1.165, 1.54) is 54.3 Å². The minimum Gasteiger partial charge on any atom is -0.261 e. The predicted octanol–water partition coefficient (Wildman–Crippen LogP) is 10.7. The van der Waals surface area contributed by atoms with Gasteiger partial charge >= 0.3 is 0 Å². The molecule has 0 saturated heterocycles. The Labute approximate surface area is 280 Å². The fourth-order valence-corrected chi connectivity index (χ4v) is 8.70. The topological polar surface area (TPSA) is 12.4 Å². The molecule has 8 rings (SSSR count). The van der Waals surface area contributed by atoms with Gasteiger partial charge in [0.15, 0.2) is 0 Å². The first-order valence-electron chi connectivity index (χ1n) is 17.5. The summed E-state index contributed by atoms with van der Waals surface area (Å²) in [6, 6.07) is 39.9. The van der Waals surface area contributed by atoms with Gasteiger partial charge in [-0.2, -0.15) is 0 Å². The lowest BCUT2D eigenvalue weighted by Crippen LogP contribution is -2.43. The zero-order valence-electron chi connectivity index (χ0n) is 28.2. The number of benzene rings is 5. The average molecular weight is 612 g/mol. The highest BCUT2D eigenvalue weighted by Crippen LogP contribution is 2.59. The molecule has 0 radical (unpaired) electrons. The summed E-state index contributed by atoms with van der Waals surface area (Å²) in [5, 5.41) is 8.18. The van der Waals surface area contributed by atoms with E-state index in [-0.39, 0.29) is 10.8 Å². The first-order chi connectivity index (χ1) is 23.1. The molecule has 3 aliphatic rings. The predicted molar refractivity (Wildman–Crippen MR) is 204 cm³/mol. The van der Waals surface area contributed by atoms with Crippen LogP contribution in [0.25, 0.3) is 39.4 Å². The maximum Gasteiger partial charge on any atom is 0.0667 e. The van der Waals surface area contributed by atoms with Crippen molar-refractivity contribution >= 4 is 45.6 Å². The van der Waals surface area contributed by atoms with Crippen LogP contribution in [0.2, 0.25) is 0 Å². The van der Waals surface area contributed by atoms with Gasteiger partial charge in [0.2, 0.25) is 0 Å². The summed E-state index contributed by atoms with van der Waals surface area (Å²) in [5.41, 5.74) is 6.35. The number of aliphatic imine (C=N–C) groups is 1. The van der Waals surface area contributed by atoms with Crippen LogP contribution >= 0.6 is 0 Å². The van der Waals surface area contributed by atoms with Crippen LogP contribution in [0.5, 0.6) is 0 Å². The van der Waals surface area contributed by atoms with Crippen LogP contribution in [-0.2, 0) is 5.41 Å². The summed E-state index contributed by atoms with van der Waals surface area (Å²) in [5.74, 6) is 0.297. The molecule has 0 aromatic heterocycles. The third-order valence-corrected chi connectivity index (χ3v) is 10.5. The number of hydrogen-bond donors (Lipinski definition) is 0. The summed E-state index contributed by atoms with van der Waals surface area (Å²) in [4.78, 5) is 4.98. The van der Waals surface area contributed by atoms with Crippen molar-refractivity contribution in [3.8, 4) is 0 Å². The van der Waals surface area contributed by atoms with Gasteiger partial charge in [0, 0.05) is 23.0 Å². The van der Waals surface area contributed by atoms with Crippen molar-refractivity contribution < 1.29 is 0 Å². The van der Waals surface area contributed by atoms with Gasteiger partial charge in [0.1, 0.15) is 0 Å². The highest BCUT2D eigenvalue weighted by molar-refractivity contribution is 6.08. The van der Waals surface area contributed by atoms with Crippen molar-refractivity contribution in [1.82, 2.24) is 0 Å². The molecule has 1 fully saturated rings. The van der Waals surface area contributed by atoms with Crippen molar-refractivity contribution in [3.05, 3.63) is 160 Å². The second-order valence-electron chi connectivity index (χ2n) is 13.1. The molecule has 0 N–H and O–H groups in total. The van der Waals surface area contributed by atoms with Gasteiger partial charge in [-0.1, -0.05) is 154 Å². The van der Waals surface area contributed by atoms with Crippen LogP contribution in [0.15, 0.2) is 144 Å². The van der Waals surface area contributed by atoms with Gasteiger partial charge in [-0.05, 0) is 92.9 Å². The van der Waals surface area contributed by atoms with Crippen LogP contribution in [0, 0.1) is 11.3 Å². The van der Waals surface area contributed by atoms with E-state index >= 15 is 0 Å². The molecule has 5 aromatic carbocycles. The molecule has 0 bridgehead atoms. The van der Waals surface area contributed by atoms with E-state index in [1.54, 1.807) is 0 Å². The molecule has 1 unspecified atom stereocenters. The van der Waals surface area contributed by atoms with Crippen molar-refractivity contribution in [2.45, 2.75) is 58.8 Å². The Hall–Kier alpha value is -4.75. The smallest absolute Gasteiger partial charge is 0.0667 e. The number of rotatable bonds is 5. The van der Waals surface area contributed by atoms with E-state index in [0.29, 0.717) is 5.92 Å². The molecule has 5 aromatic rings. The number of fused-ring (bicyclic) bond motifs is 7. The summed E-state index contributed by atoms with van der Waals surface area (Å²) < 4.78 is 0. The second-order valence-corrected chi connectivity index (χ2v) is 13.1. The lowest BCUT2D eigenvalue weighted by atomic mass is 9.60. The van der Waals surface area contributed by atoms with Crippen LogP contribution in [0.4, 0.5) is 0 Å². The van der Waals surface area contributed by atoms with Crippen LogP contribution in [-0.4, -0.2) is 6.21 Å². The maximum absolute atomic E-state index is 4.98. The molecule has 234 valence electrons. The third-order valence-electron chi connectivity index (χ3n) is 10.5. The Morgan fingerprint density at radius 1 is 0.723 bits per heavy atom. The van der Waals surface area contributed by atoms with Crippen LogP contribution in [0.3, 0.4) is 0 Å². The Morgan fingerprint density at radius 2 is 1.32 bits per heavy atom. The number of allylic oxidation sites excluding steroid dienone is 5. The SMILES string of the molecule is C/C=C1\C(=C/CC)CC2(C[C@]3(c4ccccc4)C=C(c4ccccc4)N=CC3)C=c3c(c4ccccc4c4ccccc34)=C[C@H]12.CC. The quantitative estimate of drug-likeness (QED) is 0.175. The molecular formula is C46H45N. The number of hydrogen-bond acceptors (Lipinski definition) is 1. The molecule has 2 aliphatic carbocycles. The van der Waals surface area contributed by atoms with E-state index < -0.39 is 0 Å². The minimum atomic E-state index is -0.193. The largest absolute Gasteiger partial charge is 0.261 e. The first-order valence-corrected chi connectivity index (χ1v) is 17.5. The zero-order valence-corrected chi connectivity index (χ0v) is 28.2. The molecular weight excluding hydrogens is 567 g/mol. The molecule has 1 saturated carbocycles. The molecule has 0 amide bonds. The molecule has 1 aliphatic heterocycles. The fraction of sp³-hybridized carbons (Fsp3) is 0.239. The standard InChI is InChI=1S/C44H39N.C2H6/c1-3-15-32-27-44(30-43(33-18-9-6-10-19-33)24-25-45-42(29-43)31-16-7-5-8-17-31)28-40-38-23-14-12-21-36(38)35-20-11-13-22-37(35)39(40)26-41(44)34(32)4-2;1-2/h4-23,25-26,28-29,41H,3,24,27,30H2,1-2H3;1-2H3/b32-15-,34-4+;/t41-,43-,44?;/m1./s1. The molecule has 1 heterocycles. The van der Waals surface area contributed by atoms with Crippen molar-refractivity contribution in [1.29, 1.82) is 0 Å². The van der Waals surface area contributed by atoms with Gasteiger partial charge in [-0.15, -0.1) is 0 Å². The van der Waals surface area contributed by atoms with Crippen LogP contribution in [0.1, 0.15) is 64.5 Å². The normalized spacial score (nSPS) is 24.6. The summed E-state index contributed by atoms with van der Waals surface area (Å²) >= 11 is 0. The summed E-state index contributed by atoms with van der Waals surface area (Å²) in [7, 11) is 0. The highest BCUT2D eigenvalue weighted by Gasteiger charge is 2.51. The second kappa shape index (κ2) is 12.8. The Bertz CT molecular complexity index is 2180. The zero-order chi connectivity index (χ0) is 32.4. The highest BCUT2D eigenvalue weighted by atomic mass is 14.8. The van der Waals surface area contributed by atoms with Gasteiger partial charge in [0.25, 0.3) is 0 Å². The number of nitrogens with zero attached hydrogens (tertiary/aromatic N) is 1. The van der Waals surface area contributed by atoms with Gasteiger partial charge in [-0.25, -0.2) is 0 Å². The molecule has 1 nitrogen and oxygen atoms in total. The maximum atomic E-state index is 4.98. The third kappa shape index (κ3) is 5.23. The van der Waals surface area contributed by atoms with Crippen molar-refractivity contribution in [3.63, 3.8) is 0 Å². The first kappa shape index (κ1) is 30.9. The molecule has 1 heteroatoms. The molecule has 47 heavy (non-hydrogen) atoms. The lowest BCUT2D eigenvalue weighted by Gasteiger charge is -2.43. The van der Waals surface area contributed by atoms with Crippen molar-refractivity contribution in [2.75, 3.05) is 0 Å². The molecule has 0 spiro atoms. The van der Waals surface area contributed by atoms with E-state index in [9.17, 15) is 0 Å². The van der Waals surface area contributed by atoms with Gasteiger partial charge < -0.3 is 0 Å². The Morgan fingerprint density at radius 3 is 1.96 bits per heavy atom. The summed E-state index contributed by atoms with van der Waals surface area (Å²) in [6.07, 6.45) is 18.9. The van der Waals surface area contributed by atoms with Gasteiger partial charge in [-0.3, -0.25) is 4.99 Å². The van der Waals surface area contributed by atoms with Gasteiger partial charge in [0.05, 0.1) is 5.70 Å². The Balaban J connectivity index is 0.00000172. The fourth-order valence-electron chi connectivity index (χ4n) is 8.70. The van der Waals surface area contributed by atoms with E-state index in [0.717, 1.165) is 31.4 Å².